The fourth-order valence-corrected chi connectivity index (χ4v) is 7.36. The summed E-state index contributed by atoms with van der Waals surface area (Å²) in [5.41, 5.74) is 6.51. The maximum Gasteiger partial charge on any atom is 0.230 e. The van der Waals surface area contributed by atoms with Crippen LogP contribution in [0.3, 0.4) is 0 Å². The maximum absolute atomic E-state index is 12.0. The molecule has 2 amide bonds. The molecular weight excluding hydrogens is 741 g/mol. The smallest absolute Gasteiger partial charge is 0.230 e. The third kappa shape index (κ3) is 7.84. The van der Waals surface area contributed by atoms with Crippen LogP contribution >= 0.6 is 0 Å². The summed E-state index contributed by atoms with van der Waals surface area (Å²) in [6, 6.07) is 47.2. The molecule has 0 saturated heterocycles. The van der Waals surface area contributed by atoms with Gasteiger partial charge >= 0.3 is 0 Å². The van der Waals surface area contributed by atoms with Gasteiger partial charge in [-0.25, -0.2) is 9.97 Å². The van der Waals surface area contributed by atoms with Crippen molar-refractivity contribution in [2.24, 2.45) is 0 Å². The van der Waals surface area contributed by atoms with E-state index in [-0.39, 0.29) is 18.6 Å². The van der Waals surface area contributed by atoms with Crippen LogP contribution < -0.4 is 29.6 Å². The predicted molar refractivity (Wildman–Crippen MR) is 230 cm³/mol. The first-order chi connectivity index (χ1) is 28.9. The average molecular weight is 779 g/mol. The van der Waals surface area contributed by atoms with Crippen LogP contribution in [0.5, 0.6) is 23.0 Å². The van der Waals surface area contributed by atoms with Crippen LogP contribution in [0.2, 0.25) is 0 Å². The number of fused-ring (bicyclic) bond motifs is 7. The zero-order chi connectivity index (χ0) is 40.3. The molecule has 2 N–H and O–H groups in total. The highest BCUT2D eigenvalue weighted by Crippen LogP contribution is 2.50. The molecule has 0 saturated carbocycles. The molecule has 0 atom stereocenters. The lowest BCUT2D eigenvalue weighted by atomic mass is 9.90. The number of hydrogen-bond acceptors (Lipinski definition) is 8. The largest absolute Gasteiger partial charge is 0.488 e. The summed E-state index contributed by atoms with van der Waals surface area (Å²) in [5, 5.41) is 9.20. The number of ether oxygens (including phenoxy) is 4. The number of benzene rings is 6. The average Bonchev–Trinajstić information content (AvgIpc) is 3.45. The Morgan fingerprint density at radius 2 is 0.983 bits per heavy atom. The first-order valence-electron chi connectivity index (χ1n) is 19.2. The summed E-state index contributed by atoms with van der Waals surface area (Å²) < 4.78 is 25.9. The van der Waals surface area contributed by atoms with Crippen molar-refractivity contribution in [3.8, 4) is 56.6 Å². The van der Waals surface area contributed by atoms with Crippen LogP contribution in [0, 0.1) is 0 Å². The van der Waals surface area contributed by atoms with Crippen LogP contribution in [-0.4, -0.2) is 28.6 Å². The van der Waals surface area contributed by atoms with Gasteiger partial charge in [-0.1, -0.05) is 84.9 Å². The standard InChI is InChI=1S/C49H38N4O6/c1-30(54)50-46-17-9-15-40(52-46)38-23-34-19-21-42-48(36(34)25-44(38)56-27-32-11-5-3-6-12-32)49-37-26-45(57-28-33-13-7-4-8-14-33)39(24-35(37)20-22-43(49)59-29-58-42)41-16-10-18-47(53-41)51-31(2)55/h3-26H,27-29H2,1-2H3,(H,50,52,54)(H,51,53,55). The molecule has 0 bridgehead atoms. The van der Waals surface area contributed by atoms with E-state index < -0.39 is 0 Å². The highest BCUT2D eigenvalue weighted by Gasteiger charge is 2.25. The van der Waals surface area contributed by atoms with Gasteiger partial charge in [0.25, 0.3) is 0 Å². The third-order valence-corrected chi connectivity index (χ3v) is 9.97. The lowest BCUT2D eigenvalue weighted by molar-refractivity contribution is -0.115. The molecule has 8 aromatic rings. The second kappa shape index (κ2) is 16.0. The lowest BCUT2D eigenvalue weighted by Gasteiger charge is -2.19. The summed E-state index contributed by atoms with van der Waals surface area (Å²) in [7, 11) is 0. The topological polar surface area (TPSA) is 121 Å². The Labute approximate surface area is 340 Å². The van der Waals surface area contributed by atoms with Gasteiger partial charge in [-0.05, 0) is 93.3 Å². The molecule has 0 aliphatic carbocycles. The molecule has 290 valence electrons. The third-order valence-electron chi connectivity index (χ3n) is 9.97. The number of nitrogens with one attached hydrogen (secondary N) is 2. The summed E-state index contributed by atoms with van der Waals surface area (Å²) in [4.78, 5) is 33.5. The van der Waals surface area contributed by atoms with Crippen molar-refractivity contribution < 1.29 is 28.5 Å². The van der Waals surface area contributed by atoms with Crippen LogP contribution in [-0.2, 0) is 22.8 Å². The molecule has 6 aromatic carbocycles. The zero-order valence-corrected chi connectivity index (χ0v) is 32.3. The number of nitrogens with zero attached hydrogens (tertiary/aromatic N) is 2. The highest BCUT2D eigenvalue weighted by molar-refractivity contribution is 6.12. The van der Waals surface area contributed by atoms with E-state index in [0.29, 0.717) is 59.2 Å². The number of hydrogen-bond donors (Lipinski definition) is 2. The molecular formula is C49H38N4O6. The Balaban J connectivity index is 1.25. The molecule has 9 rings (SSSR count). The van der Waals surface area contributed by atoms with Crippen LogP contribution in [0.25, 0.3) is 55.2 Å². The second-order valence-electron chi connectivity index (χ2n) is 14.1. The van der Waals surface area contributed by atoms with Crippen LogP contribution in [0.1, 0.15) is 25.0 Å². The van der Waals surface area contributed by atoms with Crippen molar-refractivity contribution >= 4 is 45.0 Å². The summed E-state index contributed by atoms with van der Waals surface area (Å²) in [6.45, 7) is 3.57. The van der Waals surface area contributed by atoms with Crippen molar-refractivity contribution in [1.82, 2.24) is 9.97 Å². The molecule has 10 heteroatoms. The second-order valence-corrected chi connectivity index (χ2v) is 14.1. The van der Waals surface area contributed by atoms with Crippen molar-refractivity contribution in [2.75, 3.05) is 17.4 Å². The van der Waals surface area contributed by atoms with Gasteiger partial charge in [-0.2, -0.15) is 0 Å². The van der Waals surface area contributed by atoms with E-state index >= 15 is 0 Å². The van der Waals surface area contributed by atoms with Gasteiger partial charge in [0, 0.05) is 36.1 Å². The fraction of sp³-hybridized carbons (Fsp3) is 0.102. The molecule has 0 unspecified atom stereocenters. The monoisotopic (exact) mass is 778 g/mol. The van der Waals surface area contributed by atoms with E-state index in [2.05, 4.69) is 22.8 Å². The Kier molecular flexibility index (Phi) is 10.0. The minimum absolute atomic E-state index is 0.0155. The molecule has 0 fully saturated rings. The normalized spacial score (nSPS) is 11.7. The minimum Gasteiger partial charge on any atom is -0.488 e. The van der Waals surface area contributed by atoms with E-state index in [1.165, 1.54) is 13.8 Å². The Morgan fingerprint density at radius 1 is 0.542 bits per heavy atom. The van der Waals surface area contributed by atoms with Gasteiger partial charge in [0.1, 0.15) is 47.8 Å². The van der Waals surface area contributed by atoms with E-state index in [4.69, 9.17) is 28.9 Å². The van der Waals surface area contributed by atoms with Crippen molar-refractivity contribution in [3.05, 3.63) is 157 Å². The first kappa shape index (κ1) is 36.9. The van der Waals surface area contributed by atoms with Gasteiger partial charge in [0.05, 0.1) is 11.4 Å². The minimum atomic E-state index is -0.208. The molecule has 3 heterocycles. The molecule has 1 aliphatic heterocycles. The number of carbonyl (C=O) groups excluding carboxylic acids is 2. The molecule has 0 spiro atoms. The fourth-order valence-electron chi connectivity index (χ4n) is 7.36. The molecule has 2 aromatic heterocycles. The van der Waals surface area contributed by atoms with Gasteiger partial charge in [-0.3, -0.25) is 9.59 Å². The molecule has 10 nitrogen and oxygen atoms in total. The maximum atomic E-state index is 12.0. The van der Waals surface area contributed by atoms with E-state index in [1.54, 1.807) is 12.1 Å². The number of carbonyl (C=O) groups is 2. The van der Waals surface area contributed by atoms with Gasteiger partial charge < -0.3 is 29.6 Å². The predicted octanol–water partition coefficient (Wildman–Crippen LogP) is 10.6. The molecule has 0 radical (unpaired) electrons. The van der Waals surface area contributed by atoms with Gasteiger partial charge in [0.15, 0.2) is 0 Å². The van der Waals surface area contributed by atoms with E-state index in [1.807, 2.05) is 121 Å². The summed E-state index contributed by atoms with van der Waals surface area (Å²) >= 11 is 0. The summed E-state index contributed by atoms with van der Waals surface area (Å²) in [6.07, 6.45) is 0. The van der Waals surface area contributed by atoms with Crippen molar-refractivity contribution in [1.29, 1.82) is 0 Å². The van der Waals surface area contributed by atoms with Crippen LogP contribution in [0.4, 0.5) is 11.6 Å². The van der Waals surface area contributed by atoms with E-state index in [9.17, 15) is 9.59 Å². The van der Waals surface area contributed by atoms with Gasteiger partial charge in [-0.15, -0.1) is 0 Å². The number of amides is 2. The van der Waals surface area contributed by atoms with E-state index in [0.717, 1.165) is 54.9 Å². The van der Waals surface area contributed by atoms with Crippen molar-refractivity contribution in [3.63, 3.8) is 0 Å². The number of aromatic nitrogens is 2. The number of rotatable bonds is 10. The van der Waals surface area contributed by atoms with Crippen molar-refractivity contribution in [2.45, 2.75) is 27.1 Å². The zero-order valence-electron chi connectivity index (χ0n) is 32.3. The first-order valence-corrected chi connectivity index (χ1v) is 19.2. The highest BCUT2D eigenvalue weighted by atomic mass is 16.7. The van der Waals surface area contributed by atoms with Gasteiger partial charge in [0.2, 0.25) is 18.6 Å². The molecule has 59 heavy (non-hydrogen) atoms. The molecule has 1 aliphatic rings. The SMILES string of the molecule is CC(=O)Nc1cccc(-c2cc3ccc4c(c3cc2OCc2ccccc2)-c2c(ccc3cc(-c5cccc(NC(C)=O)n5)c(OCc5ccccc5)cc23)OCO4)n1. The Hall–Kier alpha value is -7.72. The number of anilines is 2. The Morgan fingerprint density at radius 3 is 1.41 bits per heavy atom. The van der Waals surface area contributed by atoms with Crippen LogP contribution in [0.15, 0.2) is 146 Å². The summed E-state index contributed by atoms with van der Waals surface area (Å²) in [5.74, 6) is 2.98. The Bertz CT molecular complexity index is 2690. The number of pyridine rings is 2. The quantitative estimate of drug-likeness (QED) is 0.141. The lowest BCUT2D eigenvalue weighted by Crippen LogP contribution is -2.07.